The first-order valence-electron chi connectivity index (χ1n) is 6.04. The van der Waals surface area contributed by atoms with Gasteiger partial charge in [-0.25, -0.2) is 0 Å². The summed E-state index contributed by atoms with van der Waals surface area (Å²) in [6, 6.07) is 0. The molecule has 1 amide bonds. The number of rotatable bonds is 9. The Labute approximate surface area is 102 Å². The van der Waals surface area contributed by atoms with E-state index in [4.69, 9.17) is 0 Å². The molecular weight excluding hydrogens is 218 g/mol. The van der Waals surface area contributed by atoms with Crippen LogP contribution in [0.5, 0.6) is 0 Å². The van der Waals surface area contributed by atoms with Gasteiger partial charge in [-0.15, -0.1) is 0 Å². The number of carbonyl (C=O) groups excluding carboxylic acids is 3. The van der Waals surface area contributed by atoms with Crippen LogP contribution in [0.25, 0.3) is 0 Å². The molecule has 0 bridgehead atoms. The topological polar surface area (TPSA) is 63.2 Å². The molecule has 0 aromatic rings. The minimum Gasteiger partial charge on any atom is -0.356 e. The van der Waals surface area contributed by atoms with Gasteiger partial charge in [-0.1, -0.05) is 13.0 Å². The Morgan fingerprint density at radius 2 is 1.82 bits per heavy atom. The zero-order chi connectivity index (χ0) is 13.1. The van der Waals surface area contributed by atoms with Crippen LogP contribution in [0, 0.1) is 0 Å². The van der Waals surface area contributed by atoms with Crippen LogP contribution in [0.4, 0.5) is 0 Å². The lowest BCUT2D eigenvalue weighted by atomic mass is 10.2. The van der Waals surface area contributed by atoms with Crippen LogP contribution in [0.1, 0.15) is 46.0 Å². The molecule has 0 unspecified atom stereocenters. The Bertz CT molecular complexity index is 295. The number of ketones is 2. The van der Waals surface area contributed by atoms with Crippen molar-refractivity contribution in [1.82, 2.24) is 5.32 Å². The van der Waals surface area contributed by atoms with Crippen molar-refractivity contribution in [2.24, 2.45) is 0 Å². The van der Waals surface area contributed by atoms with E-state index < -0.39 is 0 Å². The molecule has 4 heteroatoms. The molecule has 0 aliphatic heterocycles. The fourth-order valence-electron chi connectivity index (χ4n) is 1.28. The van der Waals surface area contributed by atoms with Crippen LogP contribution < -0.4 is 5.32 Å². The summed E-state index contributed by atoms with van der Waals surface area (Å²) >= 11 is 0. The molecule has 0 aromatic carbocycles. The second kappa shape index (κ2) is 9.75. The summed E-state index contributed by atoms with van der Waals surface area (Å²) in [5.74, 6) is 0.0399. The maximum absolute atomic E-state index is 11.3. The van der Waals surface area contributed by atoms with Gasteiger partial charge in [-0.05, 0) is 19.4 Å². The van der Waals surface area contributed by atoms with Crippen molar-refractivity contribution in [1.29, 1.82) is 0 Å². The van der Waals surface area contributed by atoms with Gasteiger partial charge in [0.25, 0.3) is 0 Å². The molecule has 0 aliphatic carbocycles. The molecule has 0 aliphatic rings. The molecule has 4 nitrogen and oxygen atoms in total. The molecular formula is C13H21NO3. The predicted molar refractivity (Wildman–Crippen MR) is 66.6 cm³/mol. The fraction of sp³-hybridized carbons (Fsp3) is 0.615. The van der Waals surface area contributed by atoms with E-state index in [1.165, 1.54) is 6.08 Å². The van der Waals surface area contributed by atoms with Gasteiger partial charge in [0.05, 0.1) is 0 Å². The van der Waals surface area contributed by atoms with Crippen molar-refractivity contribution in [3.05, 3.63) is 12.2 Å². The van der Waals surface area contributed by atoms with Crippen molar-refractivity contribution in [2.45, 2.75) is 46.0 Å². The Morgan fingerprint density at radius 3 is 2.41 bits per heavy atom. The number of carbonyl (C=O) groups is 3. The second-order valence-corrected chi connectivity index (χ2v) is 3.81. The third-order valence-corrected chi connectivity index (χ3v) is 2.30. The van der Waals surface area contributed by atoms with Crippen LogP contribution in [0.2, 0.25) is 0 Å². The van der Waals surface area contributed by atoms with Crippen LogP contribution in [0.3, 0.4) is 0 Å². The van der Waals surface area contributed by atoms with E-state index >= 15 is 0 Å². The van der Waals surface area contributed by atoms with Crippen LogP contribution in [-0.2, 0) is 14.4 Å². The molecule has 17 heavy (non-hydrogen) atoms. The smallest absolute Gasteiger partial charge is 0.220 e. The molecule has 0 heterocycles. The number of amides is 1. The SMILES string of the molecule is C/C=C/C(=O)CCC(=O)NCCCC(=O)CC. The molecule has 0 spiro atoms. The lowest BCUT2D eigenvalue weighted by Gasteiger charge is -2.03. The third kappa shape index (κ3) is 9.48. The molecule has 0 rings (SSSR count). The molecule has 1 N–H and O–H groups in total. The Kier molecular flexibility index (Phi) is 8.92. The summed E-state index contributed by atoms with van der Waals surface area (Å²) in [5, 5.41) is 2.69. The summed E-state index contributed by atoms with van der Waals surface area (Å²) in [6.45, 7) is 4.10. The number of Topliss-reactive ketones (excluding diaryl/α,β-unsaturated/α-hetero) is 1. The highest BCUT2D eigenvalue weighted by Gasteiger charge is 2.04. The maximum atomic E-state index is 11.3. The van der Waals surface area contributed by atoms with Gasteiger partial charge in [-0.2, -0.15) is 0 Å². The van der Waals surface area contributed by atoms with E-state index in [0.717, 1.165) is 0 Å². The zero-order valence-electron chi connectivity index (χ0n) is 10.6. The Balaban J connectivity index is 3.53. The highest BCUT2D eigenvalue weighted by Crippen LogP contribution is 1.95. The lowest BCUT2D eigenvalue weighted by molar-refractivity contribution is -0.124. The maximum Gasteiger partial charge on any atom is 0.220 e. The van der Waals surface area contributed by atoms with Gasteiger partial charge in [0.1, 0.15) is 5.78 Å². The van der Waals surface area contributed by atoms with E-state index in [1.807, 2.05) is 6.92 Å². The lowest BCUT2D eigenvalue weighted by Crippen LogP contribution is -2.25. The van der Waals surface area contributed by atoms with Gasteiger partial charge < -0.3 is 5.32 Å². The van der Waals surface area contributed by atoms with E-state index in [-0.39, 0.29) is 30.3 Å². The molecule has 0 fully saturated rings. The van der Waals surface area contributed by atoms with Gasteiger partial charge in [0.15, 0.2) is 5.78 Å². The van der Waals surface area contributed by atoms with Gasteiger partial charge >= 0.3 is 0 Å². The summed E-state index contributed by atoms with van der Waals surface area (Å²) in [4.78, 5) is 33.4. The minimum atomic E-state index is -0.133. The first-order valence-corrected chi connectivity index (χ1v) is 6.04. The molecule has 0 atom stereocenters. The highest BCUT2D eigenvalue weighted by atomic mass is 16.2. The first kappa shape index (κ1) is 15.6. The van der Waals surface area contributed by atoms with Crippen molar-refractivity contribution < 1.29 is 14.4 Å². The van der Waals surface area contributed by atoms with Crippen molar-refractivity contribution in [2.75, 3.05) is 6.54 Å². The molecule has 0 aromatic heterocycles. The average Bonchev–Trinajstić information content (AvgIpc) is 2.32. The number of hydrogen-bond acceptors (Lipinski definition) is 3. The normalized spacial score (nSPS) is 10.5. The minimum absolute atomic E-state index is 0.0381. The van der Waals surface area contributed by atoms with E-state index in [2.05, 4.69) is 5.32 Å². The van der Waals surface area contributed by atoms with Gasteiger partial charge in [0.2, 0.25) is 5.91 Å². The van der Waals surface area contributed by atoms with Crippen LogP contribution in [-0.4, -0.2) is 24.0 Å². The summed E-state index contributed by atoms with van der Waals surface area (Å²) in [5.41, 5.74) is 0. The zero-order valence-corrected chi connectivity index (χ0v) is 10.6. The van der Waals surface area contributed by atoms with Gasteiger partial charge in [-0.3, -0.25) is 14.4 Å². The fourth-order valence-corrected chi connectivity index (χ4v) is 1.28. The number of allylic oxidation sites excluding steroid dienone is 2. The average molecular weight is 239 g/mol. The standard InChI is InChI=1S/C13H21NO3/c1-3-6-12(16)8-9-13(17)14-10-5-7-11(15)4-2/h3,6H,4-5,7-10H2,1-2H3,(H,14,17)/b6-3+. The largest absolute Gasteiger partial charge is 0.356 e. The molecule has 0 saturated heterocycles. The Hall–Kier alpha value is -1.45. The summed E-state index contributed by atoms with van der Waals surface area (Å²) < 4.78 is 0. The highest BCUT2D eigenvalue weighted by molar-refractivity contribution is 5.92. The van der Waals surface area contributed by atoms with Crippen molar-refractivity contribution >= 4 is 17.5 Å². The quantitative estimate of drug-likeness (QED) is 0.493. The van der Waals surface area contributed by atoms with E-state index in [1.54, 1.807) is 13.0 Å². The molecule has 0 saturated carbocycles. The van der Waals surface area contributed by atoms with E-state index in [0.29, 0.717) is 25.8 Å². The van der Waals surface area contributed by atoms with Crippen LogP contribution in [0.15, 0.2) is 12.2 Å². The Morgan fingerprint density at radius 1 is 1.12 bits per heavy atom. The third-order valence-electron chi connectivity index (χ3n) is 2.30. The molecule has 0 radical (unpaired) electrons. The monoisotopic (exact) mass is 239 g/mol. The summed E-state index contributed by atoms with van der Waals surface area (Å²) in [6.07, 6.45) is 5.31. The van der Waals surface area contributed by atoms with Gasteiger partial charge in [0, 0.05) is 32.2 Å². The summed E-state index contributed by atoms with van der Waals surface area (Å²) in [7, 11) is 0. The van der Waals surface area contributed by atoms with E-state index in [9.17, 15) is 14.4 Å². The van der Waals surface area contributed by atoms with Crippen molar-refractivity contribution in [3.63, 3.8) is 0 Å². The molecule has 96 valence electrons. The second-order valence-electron chi connectivity index (χ2n) is 3.81. The number of nitrogens with one attached hydrogen (secondary N) is 1. The van der Waals surface area contributed by atoms with Crippen LogP contribution >= 0.6 is 0 Å². The van der Waals surface area contributed by atoms with Crippen molar-refractivity contribution in [3.8, 4) is 0 Å². The predicted octanol–water partition coefficient (Wildman–Crippen LogP) is 1.79. The first-order chi connectivity index (χ1) is 8.10. The number of hydrogen-bond donors (Lipinski definition) is 1.